The lowest BCUT2D eigenvalue weighted by molar-refractivity contribution is -0.134. The molecule has 2 aromatic rings. The number of likely N-dealkylation sites (tertiary alicyclic amines) is 1. The molecule has 2 aliphatic rings. The Bertz CT molecular complexity index is 788. The second kappa shape index (κ2) is 6.88. The molecule has 0 radical (unpaired) electrons. The van der Waals surface area contributed by atoms with Gasteiger partial charge in [0.1, 0.15) is 5.75 Å². The molecule has 1 aromatic carbocycles. The summed E-state index contributed by atoms with van der Waals surface area (Å²) in [6, 6.07) is 9.88. The van der Waals surface area contributed by atoms with E-state index in [1.807, 2.05) is 23.1 Å². The van der Waals surface area contributed by atoms with Gasteiger partial charge in [0.15, 0.2) is 6.61 Å². The summed E-state index contributed by atoms with van der Waals surface area (Å²) < 4.78 is 5.74. The molecule has 4 rings (SSSR count). The van der Waals surface area contributed by atoms with Gasteiger partial charge >= 0.3 is 0 Å². The minimum atomic E-state index is 0.0296. The van der Waals surface area contributed by atoms with Crippen molar-refractivity contribution < 1.29 is 14.3 Å². The first-order valence-electron chi connectivity index (χ1n) is 8.59. The first-order chi connectivity index (χ1) is 12.2. The highest BCUT2D eigenvalue weighted by Gasteiger charge is 2.30. The maximum atomic E-state index is 12.6. The van der Waals surface area contributed by atoms with Gasteiger partial charge in [-0.25, -0.2) is 0 Å². The van der Waals surface area contributed by atoms with Crippen molar-refractivity contribution in [3.8, 4) is 5.75 Å². The van der Waals surface area contributed by atoms with Crippen LogP contribution in [0.15, 0.2) is 35.7 Å². The Kier molecular flexibility index (Phi) is 4.44. The lowest BCUT2D eigenvalue weighted by atomic mass is 10.0. The van der Waals surface area contributed by atoms with E-state index in [1.165, 1.54) is 4.88 Å². The number of hydrogen-bond donors (Lipinski definition) is 1. The van der Waals surface area contributed by atoms with E-state index in [0.717, 1.165) is 30.6 Å². The van der Waals surface area contributed by atoms with Crippen LogP contribution in [0.3, 0.4) is 0 Å². The SMILES string of the molecule is O=C1CCc2cc(OCC(=O)N3CCCC3c3cccs3)ccc2N1. The van der Waals surface area contributed by atoms with E-state index in [-0.39, 0.29) is 24.5 Å². The Morgan fingerprint density at radius 2 is 2.24 bits per heavy atom. The van der Waals surface area contributed by atoms with Crippen LogP contribution in [0.2, 0.25) is 0 Å². The van der Waals surface area contributed by atoms with Crippen LogP contribution in [0.4, 0.5) is 5.69 Å². The van der Waals surface area contributed by atoms with Crippen LogP contribution in [-0.4, -0.2) is 29.9 Å². The largest absolute Gasteiger partial charge is 0.484 e. The van der Waals surface area contributed by atoms with Gasteiger partial charge in [-0.1, -0.05) is 6.07 Å². The Labute approximate surface area is 150 Å². The Hall–Kier alpha value is -2.34. The van der Waals surface area contributed by atoms with E-state index in [2.05, 4.69) is 16.8 Å². The zero-order valence-corrected chi connectivity index (χ0v) is 14.7. The van der Waals surface area contributed by atoms with Crippen molar-refractivity contribution in [3.63, 3.8) is 0 Å². The van der Waals surface area contributed by atoms with E-state index in [1.54, 1.807) is 17.4 Å². The third-order valence-corrected chi connectivity index (χ3v) is 5.75. The average Bonchev–Trinajstić information content (AvgIpc) is 3.30. The minimum absolute atomic E-state index is 0.0296. The van der Waals surface area contributed by atoms with Crippen LogP contribution >= 0.6 is 11.3 Å². The summed E-state index contributed by atoms with van der Waals surface area (Å²) in [6.07, 6.45) is 3.25. The molecule has 1 unspecified atom stereocenters. The molecule has 6 heteroatoms. The van der Waals surface area contributed by atoms with Crippen molar-refractivity contribution in [2.75, 3.05) is 18.5 Å². The standard InChI is InChI=1S/C19H20N2O3S/c22-18-8-5-13-11-14(6-7-15(13)20-18)24-12-19(23)21-9-1-3-16(21)17-4-2-10-25-17/h2,4,6-7,10-11,16H,1,3,5,8-9,12H2,(H,20,22). The molecule has 1 saturated heterocycles. The number of carbonyl (C=O) groups excluding carboxylic acids is 2. The summed E-state index contributed by atoms with van der Waals surface area (Å²) in [5, 5.41) is 4.90. The Balaban J connectivity index is 1.39. The zero-order valence-electron chi connectivity index (χ0n) is 13.9. The topological polar surface area (TPSA) is 58.6 Å². The minimum Gasteiger partial charge on any atom is -0.484 e. The van der Waals surface area contributed by atoms with Crippen LogP contribution in [-0.2, 0) is 16.0 Å². The van der Waals surface area contributed by atoms with Gasteiger partial charge in [-0.05, 0) is 54.5 Å². The van der Waals surface area contributed by atoms with Crippen molar-refractivity contribution in [3.05, 3.63) is 46.2 Å². The molecule has 2 amide bonds. The first-order valence-corrected chi connectivity index (χ1v) is 9.47. The highest BCUT2D eigenvalue weighted by atomic mass is 32.1. The van der Waals surface area contributed by atoms with Gasteiger partial charge in [0.25, 0.3) is 5.91 Å². The average molecular weight is 356 g/mol. The molecule has 1 atom stereocenters. The van der Waals surface area contributed by atoms with Crippen LogP contribution < -0.4 is 10.1 Å². The number of aryl methyl sites for hydroxylation is 1. The summed E-state index contributed by atoms with van der Waals surface area (Å²) >= 11 is 1.70. The highest BCUT2D eigenvalue weighted by Crippen LogP contribution is 2.34. The van der Waals surface area contributed by atoms with E-state index in [0.29, 0.717) is 18.6 Å². The third-order valence-electron chi connectivity index (χ3n) is 4.78. The second-order valence-electron chi connectivity index (χ2n) is 6.42. The highest BCUT2D eigenvalue weighted by molar-refractivity contribution is 7.10. The lowest BCUT2D eigenvalue weighted by Gasteiger charge is -2.24. The number of hydrogen-bond acceptors (Lipinski definition) is 4. The van der Waals surface area contributed by atoms with E-state index < -0.39 is 0 Å². The molecule has 3 heterocycles. The molecular formula is C19H20N2O3S. The van der Waals surface area contributed by atoms with Gasteiger partial charge in [-0.2, -0.15) is 0 Å². The summed E-state index contributed by atoms with van der Waals surface area (Å²) in [6.45, 7) is 0.841. The quantitative estimate of drug-likeness (QED) is 0.914. The van der Waals surface area contributed by atoms with Crippen molar-refractivity contribution in [2.24, 2.45) is 0 Å². The predicted octanol–water partition coefficient (Wildman–Crippen LogP) is 3.38. The molecule has 0 spiro atoms. The zero-order chi connectivity index (χ0) is 17.2. The van der Waals surface area contributed by atoms with Gasteiger partial charge in [0.05, 0.1) is 6.04 Å². The summed E-state index contributed by atoms with van der Waals surface area (Å²) in [4.78, 5) is 27.2. The molecular weight excluding hydrogens is 336 g/mol. The van der Waals surface area contributed by atoms with Crippen molar-refractivity contribution in [1.82, 2.24) is 4.90 Å². The van der Waals surface area contributed by atoms with Gasteiger partial charge in [-0.15, -0.1) is 11.3 Å². The normalized spacial score (nSPS) is 19.4. The number of ether oxygens (including phenoxy) is 1. The van der Waals surface area contributed by atoms with Crippen molar-refractivity contribution >= 4 is 28.8 Å². The van der Waals surface area contributed by atoms with E-state index >= 15 is 0 Å². The van der Waals surface area contributed by atoms with Crippen LogP contribution in [0, 0.1) is 0 Å². The van der Waals surface area contributed by atoms with Crippen molar-refractivity contribution in [2.45, 2.75) is 31.7 Å². The van der Waals surface area contributed by atoms with E-state index in [4.69, 9.17) is 4.74 Å². The molecule has 5 nitrogen and oxygen atoms in total. The lowest BCUT2D eigenvalue weighted by Crippen LogP contribution is -2.34. The fourth-order valence-corrected chi connectivity index (χ4v) is 4.39. The summed E-state index contributed by atoms with van der Waals surface area (Å²) in [7, 11) is 0. The molecule has 0 saturated carbocycles. The summed E-state index contributed by atoms with van der Waals surface area (Å²) in [5.41, 5.74) is 1.90. The number of nitrogens with zero attached hydrogens (tertiary/aromatic N) is 1. The number of amides is 2. The molecule has 1 fully saturated rings. The molecule has 130 valence electrons. The molecule has 2 aliphatic heterocycles. The monoisotopic (exact) mass is 356 g/mol. The number of fused-ring (bicyclic) bond motifs is 1. The number of thiophene rings is 1. The Morgan fingerprint density at radius 3 is 3.08 bits per heavy atom. The molecule has 1 aromatic heterocycles. The second-order valence-corrected chi connectivity index (χ2v) is 7.40. The molecule has 1 N–H and O–H groups in total. The van der Waals surface area contributed by atoms with Gasteiger partial charge in [0.2, 0.25) is 5.91 Å². The number of carbonyl (C=O) groups is 2. The molecule has 0 bridgehead atoms. The van der Waals surface area contributed by atoms with Crippen molar-refractivity contribution in [1.29, 1.82) is 0 Å². The maximum Gasteiger partial charge on any atom is 0.261 e. The van der Waals surface area contributed by atoms with Gasteiger partial charge < -0.3 is 15.0 Å². The molecule has 0 aliphatic carbocycles. The van der Waals surface area contributed by atoms with Crippen LogP contribution in [0.1, 0.15) is 35.7 Å². The van der Waals surface area contributed by atoms with Gasteiger partial charge in [-0.3, -0.25) is 9.59 Å². The van der Waals surface area contributed by atoms with Crippen LogP contribution in [0.25, 0.3) is 0 Å². The van der Waals surface area contributed by atoms with Gasteiger partial charge in [0, 0.05) is 23.5 Å². The number of nitrogens with one attached hydrogen (secondary N) is 1. The summed E-state index contributed by atoms with van der Waals surface area (Å²) in [5.74, 6) is 0.752. The predicted molar refractivity (Wildman–Crippen MR) is 96.9 cm³/mol. The third kappa shape index (κ3) is 3.39. The Morgan fingerprint density at radius 1 is 1.32 bits per heavy atom. The fraction of sp³-hybridized carbons (Fsp3) is 0.368. The number of benzene rings is 1. The van der Waals surface area contributed by atoms with E-state index in [9.17, 15) is 9.59 Å². The maximum absolute atomic E-state index is 12.6. The first kappa shape index (κ1) is 16.1. The number of rotatable bonds is 4. The fourth-order valence-electron chi connectivity index (χ4n) is 3.52. The molecule has 25 heavy (non-hydrogen) atoms. The number of anilines is 1. The smallest absolute Gasteiger partial charge is 0.261 e. The van der Waals surface area contributed by atoms with Crippen LogP contribution in [0.5, 0.6) is 5.75 Å².